The lowest BCUT2D eigenvalue weighted by atomic mass is 10.1. The van der Waals surface area contributed by atoms with E-state index in [-0.39, 0.29) is 0 Å². The number of para-hydroxylation sites is 1. The molecule has 2 N–H and O–H groups in total. The van der Waals surface area contributed by atoms with Crippen molar-refractivity contribution >= 4 is 23.2 Å². The van der Waals surface area contributed by atoms with E-state index < -0.39 is 0 Å². The van der Waals surface area contributed by atoms with Crippen LogP contribution < -0.4 is 20.1 Å². The molecule has 6 heteroatoms. The molecule has 0 aromatic heterocycles. The van der Waals surface area contributed by atoms with Crippen LogP contribution in [0.1, 0.15) is 31.4 Å². The quantitative estimate of drug-likeness (QED) is 0.479. The Morgan fingerprint density at radius 3 is 2.48 bits per heavy atom. The third-order valence-electron chi connectivity index (χ3n) is 4.02. The number of ether oxygens (including phenoxy) is 2. The van der Waals surface area contributed by atoms with Gasteiger partial charge in [0.2, 0.25) is 0 Å². The van der Waals surface area contributed by atoms with Crippen LogP contribution in [0, 0.1) is 0 Å². The zero-order valence-electron chi connectivity index (χ0n) is 16.0. The van der Waals surface area contributed by atoms with Gasteiger partial charge in [0.05, 0.1) is 6.61 Å². The summed E-state index contributed by atoms with van der Waals surface area (Å²) >= 11 is 12.2. The Hall–Kier alpha value is -1.46. The summed E-state index contributed by atoms with van der Waals surface area (Å²) < 4.78 is 11.9. The first kappa shape index (κ1) is 21.8. The molecule has 2 rings (SSSR count). The third kappa shape index (κ3) is 7.23. The summed E-state index contributed by atoms with van der Waals surface area (Å²) in [6.45, 7) is 8.69. The largest absolute Gasteiger partial charge is 0.490 e. The van der Waals surface area contributed by atoms with E-state index in [0.29, 0.717) is 23.3 Å². The van der Waals surface area contributed by atoms with Gasteiger partial charge in [0.15, 0.2) is 11.5 Å². The average Bonchev–Trinajstić information content (AvgIpc) is 2.65. The first-order valence-corrected chi connectivity index (χ1v) is 10.1. The van der Waals surface area contributed by atoms with Crippen LogP contribution in [0.25, 0.3) is 0 Å². The minimum absolute atomic E-state index is 0.355. The summed E-state index contributed by atoms with van der Waals surface area (Å²) in [5, 5.41) is 8.00. The first-order valence-electron chi connectivity index (χ1n) is 9.38. The number of hydrogen-bond donors (Lipinski definition) is 2. The SMILES string of the molecule is CCNCCCNCc1cccc(OCC)c1OCc1ccc(Cl)cc1Cl. The van der Waals surface area contributed by atoms with Crippen LogP contribution in [0.2, 0.25) is 10.0 Å². The smallest absolute Gasteiger partial charge is 0.166 e. The molecule has 0 bridgehead atoms. The van der Waals surface area contributed by atoms with Gasteiger partial charge in [0, 0.05) is 27.7 Å². The van der Waals surface area contributed by atoms with Crippen LogP contribution in [-0.2, 0) is 13.2 Å². The van der Waals surface area contributed by atoms with Crippen molar-refractivity contribution in [3.63, 3.8) is 0 Å². The molecule has 0 fully saturated rings. The molecule has 2 aromatic carbocycles. The van der Waals surface area contributed by atoms with Gasteiger partial charge in [-0.1, -0.05) is 48.3 Å². The van der Waals surface area contributed by atoms with E-state index in [0.717, 1.165) is 55.2 Å². The Morgan fingerprint density at radius 1 is 0.926 bits per heavy atom. The second-order valence-corrected chi connectivity index (χ2v) is 6.93. The van der Waals surface area contributed by atoms with Crippen molar-refractivity contribution in [1.29, 1.82) is 0 Å². The van der Waals surface area contributed by atoms with E-state index in [9.17, 15) is 0 Å². The molecular formula is C21H28Cl2N2O2. The highest BCUT2D eigenvalue weighted by molar-refractivity contribution is 6.35. The van der Waals surface area contributed by atoms with Gasteiger partial charge in [-0.15, -0.1) is 0 Å². The van der Waals surface area contributed by atoms with E-state index >= 15 is 0 Å². The lowest BCUT2D eigenvalue weighted by Crippen LogP contribution is -2.21. The van der Waals surface area contributed by atoms with E-state index in [1.165, 1.54) is 0 Å². The van der Waals surface area contributed by atoms with Crippen molar-refractivity contribution in [2.24, 2.45) is 0 Å². The second-order valence-electron chi connectivity index (χ2n) is 6.09. The number of rotatable bonds is 12. The minimum Gasteiger partial charge on any atom is -0.490 e. The number of nitrogens with one attached hydrogen (secondary N) is 2. The molecule has 148 valence electrons. The third-order valence-corrected chi connectivity index (χ3v) is 4.61. The molecule has 0 saturated carbocycles. The average molecular weight is 411 g/mol. The van der Waals surface area contributed by atoms with Crippen molar-refractivity contribution in [1.82, 2.24) is 10.6 Å². The van der Waals surface area contributed by atoms with Gasteiger partial charge in [0.25, 0.3) is 0 Å². The number of hydrogen-bond acceptors (Lipinski definition) is 4. The summed E-state index contributed by atoms with van der Waals surface area (Å²) in [6, 6.07) is 11.4. The number of halogens is 2. The predicted octanol–water partition coefficient (Wildman–Crippen LogP) is 5.06. The fraction of sp³-hybridized carbons (Fsp3) is 0.429. The molecule has 0 unspecified atom stereocenters. The zero-order valence-corrected chi connectivity index (χ0v) is 17.5. The summed E-state index contributed by atoms with van der Waals surface area (Å²) in [5.74, 6) is 1.50. The summed E-state index contributed by atoms with van der Waals surface area (Å²) in [6.07, 6.45) is 1.08. The van der Waals surface area contributed by atoms with Crippen LogP contribution in [0.3, 0.4) is 0 Å². The van der Waals surface area contributed by atoms with Crippen molar-refractivity contribution in [2.75, 3.05) is 26.2 Å². The van der Waals surface area contributed by atoms with E-state index in [1.807, 2.05) is 31.2 Å². The first-order chi connectivity index (χ1) is 13.2. The standard InChI is InChI=1S/C21H28Cl2N2O2/c1-3-24-11-6-12-25-14-16-7-5-8-20(26-4-2)21(16)27-15-17-9-10-18(22)13-19(17)23/h5,7-10,13,24-25H,3-4,6,11-12,14-15H2,1-2H3. The number of benzene rings is 2. The van der Waals surface area contributed by atoms with Gasteiger partial charge >= 0.3 is 0 Å². The van der Waals surface area contributed by atoms with E-state index in [1.54, 1.807) is 6.07 Å². The highest BCUT2D eigenvalue weighted by Crippen LogP contribution is 2.33. The maximum Gasteiger partial charge on any atom is 0.166 e. The molecule has 0 atom stereocenters. The lowest BCUT2D eigenvalue weighted by molar-refractivity contribution is 0.266. The van der Waals surface area contributed by atoms with Gasteiger partial charge in [0.1, 0.15) is 6.61 Å². The summed E-state index contributed by atoms with van der Waals surface area (Å²) in [5.41, 5.74) is 1.95. The van der Waals surface area contributed by atoms with Crippen LogP contribution in [-0.4, -0.2) is 26.2 Å². The topological polar surface area (TPSA) is 42.5 Å². The van der Waals surface area contributed by atoms with Gasteiger partial charge in [-0.25, -0.2) is 0 Å². The molecule has 0 aliphatic heterocycles. The van der Waals surface area contributed by atoms with Crippen LogP contribution in [0.5, 0.6) is 11.5 Å². The molecule has 0 aliphatic carbocycles. The van der Waals surface area contributed by atoms with Crippen molar-refractivity contribution < 1.29 is 9.47 Å². The Balaban J connectivity index is 2.04. The second kappa shape index (κ2) is 12.1. The fourth-order valence-electron chi connectivity index (χ4n) is 2.66. The molecular weight excluding hydrogens is 383 g/mol. The Labute approximate surface area is 172 Å². The van der Waals surface area contributed by atoms with Gasteiger partial charge < -0.3 is 20.1 Å². The molecule has 0 radical (unpaired) electrons. The predicted molar refractivity (Wildman–Crippen MR) is 113 cm³/mol. The maximum atomic E-state index is 6.27. The molecule has 0 saturated heterocycles. The Bertz CT molecular complexity index is 711. The highest BCUT2D eigenvalue weighted by Gasteiger charge is 2.12. The molecule has 0 heterocycles. The van der Waals surface area contributed by atoms with E-state index in [4.69, 9.17) is 32.7 Å². The van der Waals surface area contributed by atoms with Crippen LogP contribution in [0.4, 0.5) is 0 Å². The summed E-state index contributed by atoms with van der Waals surface area (Å²) in [4.78, 5) is 0. The maximum absolute atomic E-state index is 6.27. The highest BCUT2D eigenvalue weighted by atomic mass is 35.5. The van der Waals surface area contributed by atoms with E-state index in [2.05, 4.69) is 23.6 Å². The molecule has 27 heavy (non-hydrogen) atoms. The van der Waals surface area contributed by atoms with Gasteiger partial charge in [-0.2, -0.15) is 0 Å². The molecule has 0 amide bonds. The minimum atomic E-state index is 0.355. The Morgan fingerprint density at radius 2 is 1.74 bits per heavy atom. The molecule has 0 spiro atoms. The van der Waals surface area contributed by atoms with Crippen molar-refractivity contribution in [3.8, 4) is 11.5 Å². The monoisotopic (exact) mass is 410 g/mol. The van der Waals surface area contributed by atoms with Crippen molar-refractivity contribution in [2.45, 2.75) is 33.4 Å². The fourth-order valence-corrected chi connectivity index (χ4v) is 3.12. The van der Waals surface area contributed by atoms with Gasteiger partial charge in [-0.05, 0) is 51.2 Å². The molecule has 4 nitrogen and oxygen atoms in total. The summed E-state index contributed by atoms with van der Waals surface area (Å²) in [7, 11) is 0. The van der Waals surface area contributed by atoms with Crippen LogP contribution in [0.15, 0.2) is 36.4 Å². The van der Waals surface area contributed by atoms with Crippen molar-refractivity contribution in [3.05, 3.63) is 57.6 Å². The molecule has 2 aromatic rings. The Kier molecular flexibility index (Phi) is 9.78. The lowest BCUT2D eigenvalue weighted by Gasteiger charge is -2.17. The van der Waals surface area contributed by atoms with Crippen LogP contribution >= 0.6 is 23.2 Å². The molecule has 0 aliphatic rings. The van der Waals surface area contributed by atoms with Gasteiger partial charge in [-0.3, -0.25) is 0 Å². The normalized spacial score (nSPS) is 10.8. The zero-order chi connectivity index (χ0) is 19.5.